The number of hydrogen-bond acceptors (Lipinski definition) is 3. The zero-order chi connectivity index (χ0) is 13.4. The first kappa shape index (κ1) is 12.4. The number of fused-ring (bicyclic) bond motifs is 1. The van der Waals surface area contributed by atoms with Gasteiger partial charge < -0.3 is 10.0 Å². The fourth-order valence-electron chi connectivity index (χ4n) is 3.11. The summed E-state index contributed by atoms with van der Waals surface area (Å²) in [5.41, 5.74) is 3.28. The van der Waals surface area contributed by atoms with Gasteiger partial charge >= 0.3 is 0 Å². The van der Waals surface area contributed by atoms with Crippen molar-refractivity contribution in [3.05, 3.63) is 36.0 Å². The molecule has 3 rings (SSSR count). The smallest absolute Gasteiger partial charge is 0.0726 e. The first-order chi connectivity index (χ1) is 9.20. The number of aryl methyl sites for hydroxylation is 1. The molecule has 0 aliphatic carbocycles. The van der Waals surface area contributed by atoms with Crippen molar-refractivity contribution in [1.29, 1.82) is 0 Å². The van der Waals surface area contributed by atoms with E-state index in [1.165, 1.54) is 11.1 Å². The Bertz CT molecular complexity index is 596. The molecule has 1 saturated heterocycles. The van der Waals surface area contributed by atoms with Crippen LogP contribution in [0.3, 0.4) is 0 Å². The summed E-state index contributed by atoms with van der Waals surface area (Å²) in [6.07, 6.45) is 1.14. The Kier molecular flexibility index (Phi) is 3.15. The largest absolute Gasteiger partial charge is 0.394 e. The second-order valence-electron chi connectivity index (χ2n) is 5.51. The highest BCUT2D eigenvalue weighted by molar-refractivity contribution is 5.92. The number of benzene rings is 1. The van der Waals surface area contributed by atoms with E-state index in [0.717, 1.165) is 24.2 Å². The summed E-state index contributed by atoms with van der Waals surface area (Å²) in [6.45, 7) is 5.48. The molecule has 19 heavy (non-hydrogen) atoms. The van der Waals surface area contributed by atoms with Gasteiger partial charge in [-0.2, -0.15) is 0 Å². The van der Waals surface area contributed by atoms with E-state index in [-0.39, 0.29) is 12.6 Å². The van der Waals surface area contributed by atoms with Gasteiger partial charge in [0.15, 0.2) is 0 Å². The molecule has 1 fully saturated rings. The molecule has 0 radical (unpaired) electrons. The Balaban J connectivity index is 2.14. The molecule has 1 aliphatic heterocycles. The zero-order valence-electron chi connectivity index (χ0n) is 11.5. The van der Waals surface area contributed by atoms with E-state index < -0.39 is 0 Å². The van der Waals surface area contributed by atoms with Gasteiger partial charge in [0.2, 0.25) is 0 Å². The third-order valence-electron chi connectivity index (χ3n) is 4.20. The molecule has 3 nitrogen and oxygen atoms in total. The van der Waals surface area contributed by atoms with Crippen LogP contribution in [-0.4, -0.2) is 29.3 Å². The predicted octanol–water partition coefficient (Wildman–Crippen LogP) is 2.75. The first-order valence-electron chi connectivity index (χ1n) is 6.94. The fourth-order valence-corrected chi connectivity index (χ4v) is 3.11. The van der Waals surface area contributed by atoms with Gasteiger partial charge in [-0.25, -0.2) is 0 Å². The van der Waals surface area contributed by atoms with Gasteiger partial charge in [0.1, 0.15) is 0 Å². The summed E-state index contributed by atoms with van der Waals surface area (Å²) < 4.78 is 0. The highest BCUT2D eigenvalue weighted by Crippen LogP contribution is 2.34. The second kappa shape index (κ2) is 4.82. The Morgan fingerprint density at radius 1 is 1.37 bits per heavy atom. The van der Waals surface area contributed by atoms with Crippen LogP contribution in [0, 0.1) is 12.8 Å². The molecule has 0 saturated carbocycles. The quantitative estimate of drug-likeness (QED) is 0.897. The molecule has 100 valence electrons. The van der Waals surface area contributed by atoms with Crippen LogP contribution in [0.2, 0.25) is 0 Å². The van der Waals surface area contributed by atoms with Gasteiger partial charge in [0.05, 0.1) is 18.2 Å². The van der Waals surface area contributed by atoms with Gasteiger partial charge in [-0.3, -0.25) is 4.98 Å². The van der Waals surface area contributed by atoms with E-state index in [0.29, 0.717) is 5.92 Å². The molecular weight excluding hydrogens is 236 g/mol. The molecule has 2 atom stereocenters. The maximum Gasteiger partial charge on any atom is 0.0726 e. The van der Waals surface area contributed by atoms with Crippen LogP contribution in [0.4, 0.5) is 5.69 Å². The Morgan fingerprint density at radius 3 is 2.95 bits per heavy atom. The SMILES string of the molecule is Cc1cc(N2CCC(C)C2CO)c2ccccc2n1. The summed E-state index contributed by atoms with van der Waals surface area (Å²) in [4.78, 5) is 6.94. The van der Waals surface area contributed by atoms with Crippen molar-refractivity contribution in [1.82, 2.24) is 4.98 Å². The molecule has 1 aromatic carbocycles. The normalized spacial score (nSPS) is 23.2. The Morgan fingerprint density at radius 2 is 2.16 bits per heavy atom. The number of para-hydroxylation sites is 1. The molecule has 1 N–H and O–H groups in total. The highest BCUT2D eigenvalue weighted by atomic mass is 16.3. The molecule has 2 aromatic rings. The number of aromatic nitrogens is 1. The van der Waals surface area contributed by atoms with Gasteiger partial charge in [-0.05, 0) is 31.4 Å². The van der Waals surface area contributed by atoms with Gasteiger partial charge in [0, 0.05) is 23.3 Å². The lowest BCUT2D eigenvalue weighted by atomic mass is 10.0. The Hall–Kier alpha value is -1.61. The van der Waals surface area contributed by atoms with Crippen molar-refractivity contribution in [2.45, 2.75) is 26.3 Å². The average molecular weight is 256 g/mol. The molecular formula is C16H20N2O. The number of pyridine rings is 1. The monoisotopic (exact) mass is 256 g/mol. The van der Waals surface area contributed by atoms with E-state index in [2.05, 4.69) is 41.1 Å². The lowest BCUT2D eigenvalue weighted by Crippen LogP contribution is -2.35. The molecule has 3 heteroatoms. The topological polar surface area (TPSA) is 36.4 Å². The summed E-state index contributed by atoms with van der Waals surface area (Å²) in [5, 5.41) is 10.8. The molecule has 2 heterocycles. The van der Waals surface area contributed by atoms with E-state index in [9.17, 15) is 5.11 Å². The number of anilines is 1. The number of hydrogen-bond donors (Lipinski definition) is 1. The molecule has 1 aliphatic rings. The van der Waals surface area contributed by atoms with Gasteiger partial charge in [0.25, 0.3) is 0 Å². The molecule has 0 bridgehead atoms. The van der Waals surface area contributed by atoms with Crippen LogP contribution in [0.25, 0.3) is 10.9 Å². The van der Waals surface area contributed by atoms with Gasteiger partial charge in [-0.15, -0.1) is 0 Å². The van der Waals surface area contributed by atoms with Crippen LogP contribution in [0.1, 0.15) is 19.0 Å². The first-order valence-corrected chi connectivity index (χ1v) is 6.94. The number of nitrogens with zero attached hydrogens (tertiary/aromatic N) is 2. The molecule has 0 spiro atoms. The maximum absolute atomic E-state index is 9.65. The summed E-state index contributed by atoms with van der Waals surface area (Å²) >= 11 is 0. The van der Waals surface area contributed by atoms with Crippen molar-refractivity contribution in [2.24, 2.45) is 5.92 Å². The van der Waals surface area contributed by atoms with Crippen LogP contribution in [0.15, 0.2) is 30.3 Å². The van der Waals surface area contributed by atoms with Crippen molar-refractivity contribution in [3.63, 3.8) is 0 Å². The van der Waals surface area contributed by atoms with Crippen LogP contribution in [0.5, 0.6) is 0 Å². The van der Waals surface area contributed by atoms with Crippen LogP contribution in [-0.2, 0) is 0 Å². The van der Waals surface area contributed by atoms with Crippen molar-refractivity contribution in [2.75, 3.05) is 18.1 Å². The van der Waals surface area contributed by atoms with E-state index in [1.54, 1.807) is 0 Å². The zero-order valence-corrected chi connectivity index (χ0v) is 11.5. The minimum Gasteiger partial charge on any atom is -0.394 e. The van der Waals surface area contributed by atoms with E-state index in [4.69, 9.17) is 0 Å². The third-order valence-corrected chi connectivity index (χ3v) is 4.20. The van der Waals surface area contributed by atoms with Crippen molar-refractivity contribution < 1.29 is 5.11 Å². The summed E-state index contributed by atoms with van der Waals surface area (Å²) in [7, 11) is 0. The fraction of sp³-hybridized carbons (Fsp3) is 0.438. The average Bonchev–Trinajstić information content (AvgIpc) is 2.78. The summed E-state index contributed by atoms with van der Waals surface area (Å²) in [5.74, 6) is 0.539. The third kappa shape index (κ3) is 2.08. The van der Waals surface area contributed by atoms with E-state index in [1.807, 2.05) is 13.0 Å². The summed E-state index contributed by atoms with van der Waals surface area (Å²) in [6, 6.07) is 10.6. The van der Waals surface area contributed by atoms with Crippen LogP contribution < -0.4 is 4.90 Å². The standard InChI is InChI=1S/C16H20N2O/c1-11-7-8-18(16(11)10-19)15-9-12(2)17-14-6-4-3-5-13(14)15/h3-6,9,11,16,19H,7-8,10H2,1-2H3. The minimum absolute atomic E-state index is 0.219. The Labute approximate surface area is 113 Å². The predicted molar refractivity (Wildman–Crippen MR) is 78.5 cm³/mol. The number of aliphatic hydroxyl groups is 1. The molecule has 0 amide bonds. The van der Waals surface area contributed by atoms with Crippen LogP contribution >= 0.6 is 0 Å². The highest BCUT2D eigenvalue weighted by Gasteiger charge is 2.31. The number of rotatable bonds is 2. The van der Waals surface area contributed by atoms with Crippen molar-refractivity contribution >= 4 is 16.6 Å². The molecule has 1 aromatic heterocycles. The minimum atomic E-state index is 0.219. The maximum atomic E-state index is 9.65. The number of aliphatic hydroxyl groups excluding tert-OH is 1. The van der Waals surface area contributed by atoms with Crippen molar-refractivity contribution in [3.8, 4) is 0 Å². The lowest BCUT2D eigenvalue weighted by Gasteiger charge is -2.28. The van der Waals surface area contributed by atoms with E-state index >= 15 is 0 Å². The lowest BCUT2D eigenvalue weighted by molar-refractivity contribution is 0.245. The van der Waals surface area contributed by atoms with Gasteiger partial charge in [-0.1, -0.05) is 25.1 Å². The molecule has 2 unspecified atom stereocenters. The second-order valence-corrected chi connectivity index (χ2v) is 5.51.